The molecule has 2 aromatic rings. The van der Waals surface area contributed by atoms with Crippen LogP contribution in [-0.4, -0.2) is 24.4 Å². The van der Waals surface area contributed by atoms with Gasteiger partial charge in [0.15, 0.2) is 10.6 Å². The van der Waals surface area contributed by atoms with E-state index in [9.17, 15) is 0 Å². The van der Waals surface area contributed by atoms with E-state index < -0.39 is 0 Å². The maximum absolute atomic E-state index is 5.07. The minimum Gasteiger partial charge on any atom is -0.303 e. The van der Waals surface area contributed by atoms with Gasteiger partial charge in [-0.25, -0.2) is 0 Å². The first-order chi connectivity index (χ1) is 7.11. The second kappa shape index (κ2) is 3.82. The number of aromatic amines is 1. The van der Waals surface area contributed by atoms with Crippen LogP contribution in [0.5, 0.6) is 0 Å². The fraction of sp³-hybridized carbons (Fsp3) is 0.500. The van der Waals surface area contributed by atoms with E-state index in [0.717, 1.165) is 16.4 Å². The molecule has 7 heteroatoms. The number of hydrogen-bond acceptors (Lipinski definition) is 5. The van der Waals surface area contributed by atoms with Crippen LogP contribution in [0.25, 0.3) is 10.7 Å². The lowest BCUT2D eigenvalue weighted by molar-refractivity contribution is 0.808. The van der Waals surface area contributed by atoms with Gasteiger partial charge in [0, 0.05) is 7.05 Å². The van der Waals surface area contributed by atoms with E-state index >= 15 is 0 Å². The van der Waals surface area contributed by atoms with Gasteiger partial charge < -0.3 is 4.57 Å². The Morgan fingerprint density at radius 3 is 2.73 bits per heavy atom. The maximum atomic E-state index is 5.07. The van der Waals surface area contributed by atoms with E-state index in [-0.39, 0.29) is 0 Å². The Morgan fingerprint density at radius 2 is 2.20 bits per heavy atom. The standard InChI is InChI=1S/C8H11N5S2/c1-4(2)5-6(15-12-9-5)7-10-11-8(14)13(7)3/h4H,1-3H3,(H,11,14). The quantitative estimate of drug-likeness (QED) is 0.818. The van der Waals surface area contributed by atoms with Crippen LogP contribution in [0.3, 0.4) is 0 Å². The Morgan fingerprint density at radius 1 is 1.47 bits per heavy atom. The second-order valence-electron chi connectivity index (χ2n) is 3.55. The summed E-state index contributed by atoms with van der Waals surface area (Å²) in [5.74, 6) is 1.14. The van der Waals surface area contributed by atoms with Gasteiger partial charge in [-0.05, 0) is 29.7 Å². The lowest BCUT2D eigenvalue weighted by Crippen LogP contribution is -1.96. The molecular weight excluding hydrogens is 230 g/mol. The number of rotatable bonds is 2. The third-order valence-corrected chi connectivity index (χ3v) is 3.25. The Hall–Kier alpha value is -1.08. The van der Waals surface area contributed by atoms with Gasteiger partial charge in [0.1, 0.15) is 4.88 Å². The van der Waals surface area contributed by atoms with Crippen molar-refractivity contribution in [1.29, 1.82) is 0 Å². The number of nitrogens with zero attached hydrogens (tertiary/aromatic N) is 4. The fourth-order valence-corrected chi connectivity index (χ4v) is 2.26. The molecule has 2 heterocycles. The first kappa shape index (κ1) is 10.4. The molecule has 0 saturated heterocycles. The van der Waals surface area contributed by atoms with Crippen LogP contribution in [-0.2, 0) is 7.05 Å². The summed E-state index contributed by atoms with van der Waals surface area (Å²) in [4.78, 5) is 0.986. The van der Waals surface area contributed by atoms with Gasteiger partial charge in [0.2, 0.25) is 0 Å². The summed E-state index contributed by atoms with van der Waals surface area (Å²) in [6, 6.07) is 0. The van der Waals surface area contributed by atoms with Crippen molar-refractivity contribution in [3.63, 3.8) is 0 Å². The van der Waals surface area contributed by atoms with Crippen LogP contribution in [0, 0.1) is 4.77 Å². The number of hydrogen-bond donors (Lipinski definition) is 1. The largest absolute Gasteiger partial charge is 0.303 e. The van der Waals surface area contributed by atoms with Crippen LogP contribution in [0.15, 0.2) is 0 Å². The molecule has 2 aromatic heterocycles. The molecule has 0 aromatic carbocycles. The second-order valence-corrected chi connectivity index (χ2v) is 4.69. The van der Waals surface area contributed by atoms with Crippen molar-refractivity contribution < 1.29 is 0 Å². The van der Waals surface area contributed by atoms with Crippen molar-refractivity contribution in [2.75, 3.05) is 0 Å². The number of nitrogens with one attached hydrogen (secondary N) is 1. The SMILES string of the molecule is CC(C)c1nnsc1-c1n[nH]c(=S)n1C. The lowest BCUT2D eigenvalue weighted by atomic mass is 10.1. The first-order valence-corrected chi connectivity index (χ1v) is 5.73. The van der Waals surface area contributed by atoms with Gasteiger partial charge in [-0.3, -0.25) is 5.10 Å². The molecule has 0 radical (unpaired) electrons. The highest BCUT2D eigenvalue weighted by molar-refractivity contribution is 7.71. The van der Waals surface area contributed by atoms with Gasteiger partial charge >= 0.3 is 0 Å². The summed E-state index contributed by atoms with van der Waals surface area (Å²) >= 11 is 6.41. The van der Waals surface area contributed by atoms with Crippen LogP contribution >= 0.6 is 23.8 Å². The molecule has 0 fully saturated rings. The van der Waals surface area contributed by atoms with Crippen LogP contribution in [0.4, 0.5) is 0 Å². The predicted octanol–water partition coefficient (Wildman–Crippen LogP) is 2.12. The van der Waals surface area contributed by atoms with Crippen LogP contribution in [0.1, 0.15) is 25.5 Å². The summed E-state index contributed by atoms with van der Waals surface area (Å²) in [5, 5.41) is 11.0. The zero-order valence-electron chi connectivity index (χ0n) is 8.68. The molecule has 1 N–H and O–H groups in total. The molecule has 0 unspecified atom stereocenters. The minimum atomic E-state index is 0.337. The summed E-state index contributed by atoms with van der Waals surface area (Å²) in [5.41, 5.74) is 0.970. The molecule has 0 amide bonds. The Bertz CT molecular complexity index is 521. The molecule has 0 saturated carbocycles. The van der Waals surface area contributed by atoms with Gasteiger partial charge in [0.05, 0.1) is 5.69 Å². The molecule has 80 valence electrons. The van der Waals surface area contributed by atoms with E-state index in [1.54, 1.807) is 0 Å². The van der Waals surface area contributed by atoms with E-state index in [1.165, 1.54) is 11.5 Å². The van der Waals surface area contributed by atoms with Gasteiger partial charge in [-0.15, -0.1) is 5.10 Å². The van der Waals surface area contributed by atoms with Crippen LogP contribution < -0.4 is 0 Å². The molecular formula is C8H11N5S2. The van der Waals surface area contributed by atoms with Gasteiger partial charge in [0.25, 0.3) is 0 Å². The summed E-state index contributed by atoms with van der Waals surface area (Å²) in [7, 11) is 1.88. The normalized spacial score (nSPS) is 11.2. The van der Waals surface area contributed by atoms with Gasteiger partial charge in [-0.1, -0.05) is 18.3 Å². The van der Waals surface area contributed by atoms with E-state index in [2.05, 4.69) is 33.6 Å². The van der Waals surface area contributed by atoms with Crippen molar-refractivity contribution in [2.24, 2.45) is 7.05 Å². The van der Waals surface area contributed by atoms with E-state index in [4.69, 9.17) is 12.2 Å². The van der Waals surface area contributed by atoms with Crippen molar-refractivity contribution in [3.8, 4) is 10.7 Å². The van der Waals surface area contributed by atoms with Crippen LogP contribution in [0.2, 0.25) is 0 Å². The highest BCUT2D eigenvalue weighted by Gasteiger charge is 2.17. The van der Waals surface area contributed by atoms with E-state index in [1.807, 2.05) is 11.6 Å². The molecule has 0 bridgehead atoms. The monoisotopic (exact) mass is 241 g/mol. The zero-order valence-corrected chi connectivity index (χ0v) is 10.3. The molecule has 0 aliphatic rings. The van der Waals surface area contributed by atoms with Gasteiger partial charge in [-0.2, -0.15) is 5.10 Å². The van der Waals surface area contributed by atoms with Crippen molar-refractivity contribution >= 4 is 23.8 Å². The Kier molecular flexibility index (Phi) is 2.66. The highest BCUT2D eigenvalue weighted by Crippen LogP contribution is 2.28. The minimum absolute atomic E-state index is 0.337. The average molecular weight is 241 g/mol. The Labute approximate surface area is 96.3 Å². The molecule has 5 nitrogen and oxygen atoms in total. The Balaban J connectivity index is 2.59. The first-order valence-electron chi connectivity index (χ1n) is 4.55. The average Bonchev–Trinajstić information content (AvgIpc) is 2.75. The summed E-state index contributed by atoms with van der Waals surface area (Å²) < 4.78 is 6.40. The summed E-state index contributed by atoms with van der Waals surface area (Å²) in [6.07, 6.45) is 0. The third-order valence-electron chi connectivity index (χ3n) is 2.14. The third kappa shape index (κ3) is 1.72. The zero-order chi connectivity index (χ0) is 11.0. The topological polar surface area (TPSA) is 59.4 Å². The fourth-order valence-electron chi connectivity index (χ4n) is 1.28. The smallest absolute Gasteiger partial charge is 0.195 e. The molecule has 0 aliphatic heterocycles. The maximum Gasteiger partial charge on any atom is 0.195 e. The number of H-pyrrole nitrogens is 1. The molecule has 2 rings (SSSR count). The van der Waals surface area contributed by atoms with E-state index in [0.29, 0.717) is 10.7 Å². The highest BCUT2D eigenvalue weighted by atomic mass is 32.1. The molecule has 15 heavy (non-hydrogen) atoms. The molecule has 0 aliphatic carbocycles. The van der Waals surface area contributed by atoms with Crippen molar-refractivity contribution in [2.45, 2.75) is 19.8 Å². The predicted molar refractivity (Wildman–Crippen MR) is 61.4 cm³/mol. The number of aromatic nitrogens is 5. The molecule has 0 spiro atoms. The van der Waals surface area contributed by atoms with Crippen molar-refractivity contribution in [1.82, 2.24) is 24.4 Å². The molecule has 0 atom stereocenters. The summed E-state index contributed by atoms with van der Waals surface area (Å²) in [6.45, 7) is 4.17. The lowest BCUT2D eigenvalue weighted by Gasteiger charge is -2.02. The van der Waals surface area contributed by atoms with Crippen molar-refractivity contribution in [3.05, 3.63) is 10.5 Å².